The summed E-state index contributed by atoms with van der Waals surface area (Å²) in [6.07, 6.45) is 3.08. The molecule has 1 aliphatic rings. The van der Waals surface area contributed by atoms with E-state index in [-0.39, 0.29) is 17.6 Å². The topological polar surface area (TPSA) is 61.9 Å². The highest BCUT2D eigenvalue weighted by Crippen LogP contribution is 2.31. The molecule has 0 radical (unpaired) electrons. The molecule has 1 N–H and O–H groups in total. The van der Waals surface area contributed by atoms with Crippen LogP contribution in [-0.2, 0) is 4.79 Å². The van der Waals surface area contributed by atoms with Crippen LogP contribution >= 0.6 is 11.3 Å². The van der Waals surface area contributed by atoms with Crippen LogP contribution in [0.3, 0.4) is 0 Å². The molecule has 1 aliphatic heterocycles. The molecule has 3 aromatic rings. The number of thiophene rings is 1. The van der Waals surface area contributed by atoms with Crippen LogP contribution in [0.15, 0.2) is 60.7 Å². The van der Waals surface area contributed by atoms with Crippen molar-refractivity contribution in [3.8, 4) is 16.2 Å². The number of anilines is 1. The minimum Gasteiger partial charge on any atom is -0.495 e. The highest BCUT2D eigenvalue weighted by atomic mass is 32.1. The smallest absolute Gasteiger partial charge is 0.254 e. The predicted octanol–water partition coefficient (Wildman–Crippen LogP) is 4.60. The van der Waals surface area contributed by atoms with Crippen molar-refractivity contribution in [2.45, 2.75) is 0 Å². The molecule has 8 heteroatoms. The third-order valence-corrected chi connectivity index (χ3v) is 6.74. The van der Waals surface area contributed by atoms with E-state index in [1.807, 2.05) is 24.1 Å². The lowest BCUT2D eigenvalue weighted by Crippen LogP contribution is -2.47. The molecule has 0 bridgehead atoms. The van der Waals surface area contributed by atoms with Gasteiger partial charge in [-0.05, 0) is 49.5 Å². The molecule has 1 saturated heterocycles. The maximum Gasteiger partial charge on any atom is 0.254 e. The quantitative estimate of drug-likeness (QED) is 0.525. The minimum atomic E-state index is -0.358. The normalized spacial score (nSPS) is 14.4. The van der Waals surface area contributed by atoms with E-state index >= 15 is 0 Å². The molecule has 4 rings (SSSR count). The Morgan fingerprint density at radius 1 is 1.06 bits per heavy atom. The van der Waals surface area contributed by atoms with Crippen molar-refractivity contribution in [1.29, 1.82) is 0 Å². The third-order valence-electron chi connectivity index (χ3n) is 5.66. The molecule has 34 heavy (non-hydrogen) atoms. The fourth-order valence-corrected chi connectivity index (χ4v) is 4.65. The molecule has 0 unspecified atom stereocenters. The van der Waals surface area contributed by atoms with Crippen molar-refractivity contribution in [3.05, 3.63) is 76.9 Å². The first-order valence-corrected chi connectivity index (χ1v) is 11.8. The van der Waals surface area contributed by atoms with Gasteiger partial charge >= 0.3 is 0 Å². The number of carbonyl (C=O) groups is 2. The van der Waals surface area contributed by atoms with Gasteiger partial charge in [0.2, 0.25) is 5.91 Å². The van der Waals surface area contributed by atoms with Gasteiger partial charge in [0.15, 0.2) is 0 Å². The van der Waals surface area contributed by atoms with E-state index in [0.717, 1.165) is 22.8 Å². The second kappa shape index (κ2) is 10.6. The van der Waals surface area contributed by atoms with E-state index in [2.05, 4.69) is 10.2 Å². The lowest BCUT2D eigenvalue weighted by atomic mass is 10.1. The molecule has 176 valence electrons. The number of nitrogens with zero attached hydrogens (tertiary/aromatic N) is 2. The van der Waals surface area contributed by atoms with Crippen LogP contribution in [-0.4, -0.2) is 62.0 Å². The number of methoxy groups -OCH3 is 1. The van der Waals surface area contributed by atoms with Crippen LogP contribution < -0.4 is 10.1 Å². The van der Waals surface area contributed by atoms with Crippen molar-refractivity contribution in [2.75, 3.05) is 45.7 Å². The molecule has 0 saturated carbocycles. The van der Waals surface area contributed by atoms with Crippen molar-refractivity contribution in [2.24, 2.45) is 0 Å². The Kier molecular flexibility index (Phi) is 7.40. The van der Waals surface area contributed by atoms with Crippen molar-refractivity contribution >= 4 is 34.9 Å². The van der Waals surface area contributed by atoms with Gasteiger partial charge in [0.05, 0.1) is 12.8 Å². The Hall–Kier alpha value is -3.49. The molecule has 1 fully saturated rings. The first-order valence-electron chi connectivity index (χ1n) is 10.9. The number of ether oxygens (including phenoxy) is 1. The lowest BCUT2D eigenvalue weighted by Gasteiger charge is -2.32. The zero-order valence-corrected chi connectivity index (χ0v) is 19.9. The molecule has 1 aromatic heterocycles. The van der Waals surface area contributed by atoms with E-state index in [1.54, 1.807) is 42.5 Å². The monoisotopic (exact) mass is 479 g/mol. The SMILES string of the molecule is COc1ccc(C(=O)N2CCN(C)CC2)cc1NC(=O)C=Cc1ccc(-c2ccccc2F)s1. The summed E-state index contributed by atoms with van der Waals surface area (Å²) in [6, 6.07) is 15.3. The summed E-state index contributed by atoms with van der Waals surface area (Å²) < 4.78 is 19.4. The second-order valence-corrected chi connectivity index (χ2v) is 9.13. The number of nitrogens with one attached hydrogen (secondary N) is 1. The van der Waals surface area contributed by atoms with Crippen LogP contribution in [0.5, 0.6) is 5.75 Å². The Morgan fingerprint density at radius 3 is 2.56 bits per heavy atom. The van der Waals surface area contributed by atoms with Gasteiger partial charge in [-0.1, -0.05) is 18.2 Å². The Balaban J connectivity index is 1.45. The first-order chi connectivity index (χ1) is 16.4. The molecule has 0 aliphatic carbocycles. The Morgan fingerprint density at radius 2 is 1.82 bits per heavy atom. The Labute approximate surface area is 202 Å². The van der Waals surface area contributed by atoms with Crippen LogP contribution in [0, 0.1) is 5.82 Å². The fourth-order valence-electron chi connectivity index (χ4n) is 3.71. The molecular weight excluding hydrogens is 453 g/mol. The summed E-state index contributed by atoms with van der Waals surface area (Å²) in [7, 11) is 3.55. The van der Waals surface area contributed by atoms with Gasteiger partial charge in [0, 0.05) is 53.1 Å². The largest absolute Gasteiger partial charge is 0.495 e. The molecule has 2 heterocycles. The third kappa shape index (κ3) is 5.52. The van der Waals surface area contributed by atoms with Gasteiger partial charge in [-0.25, -0.2) is 4.39 Å². The van der Waals surface area contributed by atoms with Gasteiger partial charge in [0.25, 0.3) is 5.91 Å². The lowest BCUT2D eigenvalue weighted by molar-refractivity contribution is -0.111. The summed E-state index contributed by atoms with van der Waals surface area (Å²) in [5, 5.41) is 2.80. The van der Waals surface area contributed by atoms with Crippen molar-refractivity contribution in [3.63, 3.8) is 0 Å². The standard InChI is InChI=1S/C26H26FN3O3S/c1-29-13-15-30(16-14-29)26(32)18-7-10-23(33-2)22(17-18)28-25(31)12-9-19-8-11-24(34-19)20-5-3-4-6-21(20)27/h3-12,17H,13-16H2,1-2H3,(H,28,31). The molecular formula is C26H26FN3O3S. The van der Waals surface area contributed by atoms with Gasteiger partial charge in [-0.3, -0.25) is 9.59 Å². The maximum atomic E-state index is 14.0. The van der Waals surface area contributed by atoms with E-state index in [1.165, 1.54) is 30.6 Å². The summed E-state index contributed by atoms with van der Waals surface area (Å²) in [4.78, 5) is 31.1. The zero-order chi connectivity index (χ0) is 24.1. The van der Waals surface area contributed by atoms with Crippen LogP contribution in [0.4, 0.5) is 10.1 Å². The number of hydrogen-bond acceptors (Lipinski definition) is 5. The number of rotatable bonds is 6. The number of amides is 2. The van der Waals surface area contributed by atoms with E-state index in [9.17, 15) is 14.0 Å². The van der Waals surface area contributed by atoms with E-state index < -0.39 is 0 Å². The average Bonchev–Trinajstić information content (AvgIpc) is 3.32. The number of carbonyl (C=O) groups excluding carboxylic acids is 2. The van der Waals surface area contributed by atoms with E-state index in [0.29, 0.717) is 35.7 Å². The number of halogens is 1. The molecule has 2 amide bonds. The summed E-state index contributed by atoms with van der Waals surface area (Å²) in [5.41, 5.74) is 1.45. The Bertz CT molecular complexity index is 1220. The maximum absolute atomic E-state index is 14.0. The molecule has 6 nitrogen and oxygen atoms in total. The number of benzene rings is 2. The van der Waals surface area contributed by atoms with Gasteiger partial charge in [-0.15, -0.1) is 11.3 Å². The van der Waals surface area contributed by atoms with Crippen molar-refractivity contribution in [1.82, 2.24) is 9.80 Å². The highest BCUT2D eigenvalue weighted by molar-refractivity contribution is 7.16. The summed E-state index contributed by atoms with van der Waals surface area (Å²) in [6.45, 7) is 3.00. The number of piperazine rings is 1. The fraction of sp³-hybridized carbons (Fsp3) is 0.231. The predicted molar refractivity (Wildman–Crippen MR) is 134 cm³/mol. The van der Waals surface area contributed by atoms with Crippen LogP contribution in [0.2, 0.25) is 0 Å². The van der Waals surface area contributed by atoms with Crippen LogP contribution in [0.1, 0.15) is 15.2 Å². The second-order valence-electron chi connectivity index (χ2n) is 8.01. The summed E-state index contributed by atoms with van der Waals surface area (Å²) in [5.74, 6) is -0.241. The van der Waals surface area contributed by atoms with Crippen LogP contribution in [0.25, 0.3) is 16.5 Å². The first kappa shape index (κ1) is 23.7. The summed E-state index contributed by atoms with van der Waals surface area (Å²) >= 11 is 1.39. The molecule has 0 spiro atoms. The molecule has 0 atom stereocenters. The van der Waals surface area contributed by atoms with Crippen molar-refractivity contribution < 1.29 is 18.7 Å². The average molecular weight is 480 g/mol. The number of likely N-dealkylation sites (N-methyl/N-ethyl adjacent to an activating group) is 1. The van der Waals surface area contributed by atoms with Gasteiger partial charge < -0.3 is 19.9 Å². The highest BCUT2D eigenvalue weighted by Gasteiger charge is 2.21. The minimum absolute atomic E-state index is 0.0685. The van der Waals surface area contributed by atoms with Gasteiger partial charge in [0.1, 0.15) is 11.6 Å². The zero-order valence-electron chi connectivity index (χ0n) is 19.1. The molecule has 2 aromatic carbocycles. The number of hydrogen-bond donors (Lipinski definition) is 1. The van der Waals surface area contributed by atoms with Gasteiger partial charge in [-0.2, -0.15) is 0 Å². The van der Waals surface area contributed by atoms with E-state index in [4.69, 9.17) is 4.74 Å².